The van der Waals surface area contributed by atoms with Crippen molar-refractivity contribution in [3.63, 3.8) is 0 Å². The molecule has 5 heteroatoms. The number of ketones is 1. The average Bonchev–Trinajstić information content (AvgIpc) is 2.16. The van der Waals surface area contributed by atoms with Crippen LogP contribution in [-0.2, 0) is 0 Å². The highest BCUT2D eigenvalue weighted by Gasteiger charge is 2.17. The zero-order chi connectivity index (χ0) is 10.7. The second-order valence-corrected chi connectivity index (χ2v) is 2.61. The van der Waals surface area contributed by atoms with Gasteiger partial charge in [-0.3, -0.25) is 4.79 Å². The lowest BCUT2D eigenvalue weighted by Gasteiger charge is -2.09. The van der Waals surface area contributed by atoms with E-state index in [0.29, 0.717) is 0 Å². The molecular formula is C9H11NO4. The Morgan fingerprint density at radius 3 is 2.50 bits per heavy atom. The standard InChI is InChI=1S/C9H11NO4/c1-5(11)7-8(12)9(14-3)6(13-2)4-10-7/h4,12H,1-3H3. The van der Waals surface area contributed by atoms with E-state index in [0.717, 1.165) is 0 Å². The molecule has 1 aromatic heterocycles. The first-order valence-electron chi connectivity index (χ1n) is 3.92. The van der Waals surface area contributed by atoms with Crippen molar-refractivity contribution in [2.24, 2.45) is 0 Å². The normalized spacial score (nSPS) is 9.64. The zero-order valence-electron chi connectivity index (χ0n) is 8.20. The molecular weight excluding hydrogens is 186 g/mol. The molecule has 0 aliphatic carbocycles. The van der Waals surface area contributed by atoms with Crippen molar-refractivity contribution in [2.45, 2.75) is 6.92 Å². The highest BCUT2D eigenvalue weighted by atomic mass is 16.5. The summed E-state index contributed by atoms with van der Waals surface area (Å²) >= 11 is 0. The van der Waals surface area contributed by atoms with Gasteiger partial charge in [-0.25, -0.2) is 4.98 Å². The van der Waals surface area contributed by atoms with Gasteiger partial charge in [-0.05, 0) is 0 Å². The summed E-state index contributed by atoms with van der Waals surface area (Å²) in [6, 6.07) is 0. The van der Waals surface area contributed by atoms with E-state index in [4.69, 9.17) is 9.47 Å². The van der Waals surface area contributed by atoms with Gasteiger partial charge in [-0.1, -0.05) is 0 Å². The van der Waals surface area contributed by atoms with Crippen molar-refractivity contribution in [3.8, 4) is 17.2 Å². The number of methoxy groups -OCH3 is 2. The molecule has 0 atom stereocenters. The molecule has 14 heavy (non-hydrogen) atoms. The summed E-state index contributed by atoms with van der Waals surface area (Å²) in [5.41, 5.74) is -0.0253. The maximum atomic E-state index is 11.0. The molecule has 1 aromatic rings. The van der Waals surface area contributed by atoms with Crippen molar-refractivity contribution < 1.29 is 19.4 Å². The number of pyridine rings is 1. The lowest BCUT2D eigenvalue weighted by molar-refractivity contribution is 0.100. The van der Waals surface area contributed by atoms with Crippen molar-refractivity contribution >= 4 is 5.78 Å². The fraction of sp³-hybridized carbons (Fsp3) is 0.333. The number of rotatable bonds is 3. The van der Waals surface area contributed by atoms with Crippen LogP contribution in [-0.4, -0.2) is 30.1 Å². The number of carbonyl (C=O) groups excluding carboxylic acids is 1. The van der Waals surface area contributed by atoms with E-state index in [-0.39, 0.29) is 28.7 Å². The summed E-state index contributed by atoms with van der Waals surface area (Å²) in [6.07, 6.45) is 1.33. The molecule has 1 heterocycles. The van der Waals surface area contributed by atoms with Gasteiger partial charge >= 0.3 is 0 Å². The Kier molecular flexibility index (Phi) is 2.91. The minimum Gasteiger partial charge on any atom is -0.503 e. The molecule has 76 valence electrons. The Morgan fingerprint density at radius 1 is 1.43 bits per heavy atom. The van der Waals surface area contributed by atoms with E-state index in [1.807, 2.05) is 0 Å². The number of hydrogen-bond acceptors (Lipinski definition) is 5. The molecule has 0 fully saturated rings. The third kappa shape index (κ3) is 1.61. The van der Waals surface area contributed by atoms with Crippen molar-refractivity contribution in [2.75, 3.05) is 14.2 Å². The van der Waals surface area contributed by atoms with Crippen molar-refractivity contribution in [1.29, 1.82) is 0 Å². The van der Waals surface area contributed by atoms with Gasteiger partial charge in [0, 0.05) is 6.92 Å². The highest BCUT2D eigenvalue weighted by Crippen LogP contribution is 2.37. The maximum Gasteiger partial charge on any atom is 0.207 e. The van der Waals surface area contributed by atoms with E-state index in [2.05, 4.69) is 4.98 Å². The summed E-state index contributed by atoms with van der Waals surface area (Å²) in [4.78, 5) is 14.8. The Labute approximate surface area is 81.3 Å². The SMILES string of the molecule is COc1cnc(C(C)=O)c(O)c1OC. The topological polar surface area (TPSA) is 68.7 Å². The molecule has 0 radical (unpaired) electrons. The number of nitrogens with zero attached hydrogens (tertiary/aromatic N) is 1. The van der Waals surface area contributed by atoms with Crippen LogP contribution in [0.4, 0.5) is 0 Å². The third-order valence-electron chi connectivity index (χ3n) is 1.73. The molecule has 0 aliphatic heterocycles. The van der Waals surface area contributed by atoms with Crippen LogP contribution in [0.1, 0.15) is 17.4 Å². The fourth-order valence-electron chi connectivity index (χ4n) is 1.07. The summed E-state index contributed by atoms with van der Waals surface area (Å²) in [6.45, 7) is 1.31. The molecule has 1 rings (SSSR count). The van der Waals surface area contributed by atoms with Crippen LogP contribution in [0.5, 0.6) is 17.2 Å². The Balaban J connectivity index is 3.34. The Hall–Kier alpha value is -1.78. The third-order valence-corrected chi connectivity index (χ3v) is 1.73. The molecule has 0 aromatic carbocycles. The van der Waals surface area contributed by atoms with Crippen LogP contribution < -0.4 is 9.47 Å². The predicted octanol–water partition coefficient (Wildman–Crippen LogP) is 1.01. The van der Waals surface area contributed by atoms with Crippen LogP contribution in [0.3, 0.4) is 0 Å². The summed E-state index contributed by atoms with van der Waals surface area (Å²) in [5.74, 6) is -0.217. The molecule has 0 bridgehead atoms. The fourth-order valence-corrected chi connectivity index (χ4v) is 1.07. The van der Waals surface area contributed by atoms with Gasteiger partial charge in [0.25, 0.3) is 0 Å². The van der Waals surface area contributed by atoms with Crippen molar-refractivity contribution in [1.82, 2.24) is 4.98 Å². The molecule has 0 aliphatic rings. The van der Waals surface area contributed by atoms with E-state index in [1.165, 1.54) is 27.3 Å². The number of hydrogen-bond donors (Lipinski definition) is 1. The summed E-state index contributed by atoms with van der Waals surface area (Å²) in [5, 5.41) is 9.58. The molecule has 5 nitrogen and oxygen atoms in total. The van der Waals surface area contributed by atoms with Crippen LogP contribution in [0.25, 0.3) is 0 Å². The molecule has 0 saturated carbocycles. The number of carbonyl (C=O) groups is 1. The van der Waals surface area contributed by atoms with E-state index >= 15 is 0 Å². The molecule has 1 N–H and O–H groups in total. The van der Waals surface area contributed by atoms with E-state index in [9.17, 15) is 9.90 Å². The Bertz CT molecular complexity index is 362. The van der Waals surface area contributed by atoms with Gasteiger partial charge in [0.05, 0.1) is 20.4 Å². The number of aromatic hydroxyl groups is 1. The quantitative estimate of drug-likeness (QED) is 0.732. The van der Waals surface area contributed by atoms with Crippen LogP contribution in [0, 0.1) is 0 Å². The van der Waals surface area contributed by atoms with Gasteiger partial charge in [0.1, 0.15) is 0 Å². The zero-order valence-corrected chi connectivity index (χ0v) is 8.20. The van der Waals surface area contributed by atoms with Crippen molar-refractivity contribution in [3.05, 3.63) is 11.9 Å². The van der Waals surface area contributed by atoms with Gasteiger partial charge in [-0.15, -0.1) is 0 Å². The minimum atomic E-state index is -0.330. The first-order chi connectivity index (χ1) is 6.61. The molecule has 0 saturated heterocycles. The minimum absolute atomic E-state index is 0.0253. The monoisotopic (exact) mass is 197 g/mol. The first-order valence-corrected chi connectivity index (χ1v) is 3.92. The highest BCUT2D eigenvalue weighted by molar-refractivity contribution is 5.95. The Morgan fingerprint density at radius 2 is 2.07 bits per heavy atom. The second kappa shape index (κ2) is 3.95. The van der Waals surface area contributed by atoms with Gasteiger partial charge < -0.3 is 14.6 Å². The average molecular weight is 197 g/mol. The molecule has 0 spiro atoms. The van der Waals surface area contributed by atoms with Crippen LogP contribution in [0.15, 0.2) is 6.20 Å². The smallest absolute Gasteiger partial charge is 0.207 e. The van der Waals surface area contributed by atoms with Gasteiger partial charge in [0.15, 0.2) is 23.0 Å². The van der Waals surface area contributed by atoms with E-state index < -0.39 is 0 Å². The van der Waals surface area contributed by atoms with Gasteiger partial charge in [0.2, 0.25) is 5.75 Å². The second-order valence-electron chi connectivity index (χ2n) is 2.61. The maximum absolute atomic E-state index is 11.0. The summed E-state index contributed by atoms with van der Waals surface area (Å²) < 4.78 is 9.78. The van der Waals surface area contributed by atoms with Crippen LogP contribution >= 0.6 is 0 Å². The lowest BCUT2D eigenvalue weighted by Crippen LogP contribution is -2.00. The number of ether oxygens (including phenoxy) is 2. The molecule has 0 amide bonds. The largest absolute Gasteiger partial charge is 0.503 e. The lowest BCUT2D eigenvalue weighted by atomic mass is 10.2. The molecule has 0 unspecified atom stereocenters. The van der Waals surface area contributed by atoms with Gasteiger partial charge in [-0.2, -0.15) is 0 Å². The number of aromatic nitrogens is 1. The first kappa shape index (κ1) is 10.3. The van der Waals surface area contributed by atoms with Crippen LogP contribution in [0.2, 0.25) is 0 Å². The van der Waals surface area contributed by atoms with E-state index in [1.54, 1.807) is 0 Å². The number of Topliss-reactive ketones (excluding diaryl/α,β-unsaturated/α-hetero) is 1. The summed E-state index contributed by atoms with van der Waals surface area (Å²) in [7, 11) is 2.80. The predicted molar refractivity (Wildman–Crippen MR) is 49.0 cm³/mol.